The summed E-state index contributed by atoms with van der Waals surface area (Å²) in [5.74, 6) is -2.61. The van der Waals surface area contributed by atoms with Crippen molar-refractivity contribution in [2.45, 2.75) is 19.3 Å². The Morgan fingerprint density at radius 1 is 1.20 bits per heavy atom. The molecule has 2 atom stereocenters. The highest BCUT2D eigenvalue weighted by Crippen LogP contribution is 2.45. The van der Waals surface area contributed by atoms with Crippen LogP contribution in [0.2, 0.25) is 5.02 Å². The second kappa shape index (κ2) is 9.30. The van der Waals surface area contributed by atoms with E-state index in [-0.39, 0.29) is 23.6 Å². The molecule has 0 saturated carbocycles. The zero-order chi connectivity index (χ0) is 21.8. The third kappa shape index (κ3) is 4.19. The molecular weight excluding hydrogens is 411 g/mol. The van der Waals surface area contributed by atoms with Crippen LogP contribution in [-0.2, 0) is 14.3 Å². The van der Waals surface area contributed by atoms with Gasteiger partial charge in [-0.25, -0.2) is 4.39 Å². The van der Waals surface area contributed by atoms with E-state index >= 15 is 0 Å². The minimum atomic E-state index is -1.17. The van der Waals surface area contributed by atoms with Crippen molar-refractivity contribution in [2.75, 3.05) is 20.8 Å². The van der Waals surface area contributed by atoms with Crippen LogP contribution in [0, 0.1) is 11.7 Å². The maximum Gasteiger partial charge on any atom is 0.317 e. The Labute approximate surface area is 179 Å². The van der Waals surface area contributed by atoms with Crippen LogP contribution in [0.15, 0.2) is 42.5 Å². The summed E-state index contributed by atoms with van der Waals surface area (Å²) in [5.41, 5.74) is 1.40. The van der Waals surface area contributed by atoms with E-state index in [1.54, 1.807) is 31.2 Å². The third-order valence-electron chi connectivity index (χ3n) is 5.13. The molecule has 3 rings (SSSR count). The summed E-state index contributed by atoms with van der Waals surface area (Å²) in [4.78, 5) is 25.6. The summed E-state index contributed by atoms with van der Waals surface area (Å²) in [6.07, 6.45) is 1.61. The predicted molar refractivity (Wildman–Crippen MR) is 111 cm³/mol. The Bertz CT molecular complexity index is 981. The molecule has 0 radical (unpaired) electrons. The summed E-state index contributed by atoms with van der Waals surface area (Å²) in [6, 6.07) is 9.49. The van der Waals surface area contributed by atoms with Crippen LogP contribution in [0.4, 0.5) is 4.39 Å². The molecule has 0 spiro atoms. The van der Waals surface area contributed by atoms with E-state index in [9.17, 15) is 14.0 Å². The molecule has 0 aliphatic heterocycles. The summed E-state index contributed by atoms with van der Waals surface area (Å²) in [7, 11) is 3.05. The highest BCUT2D eigenvalue weighted by molar-refractivity contribution is 6.31. The molecule has 0 aromatic heterocycles. The average Bonchev–Trinajstić information content (AvgIpc) is 2.72. The fourth-order valence-electron chi connectivity index (χ4n) is 3.77. The van der Waals surface area contributed by atoms with Gasteiger partial charge in [-0.1, -0.05) is 17.7 Å². The van der Waals surface area contributed by atoms with Gasteiger partial charge in [-0.3, -0.25) is 9.59 Å². The lowest BCUT2D eigenvalue weighted by Crippen LogP contribution is -2.34. The molecule has 0 saturated heterocycles. The normalized spacial score (nSPS) is 18.6. The second-order valence-corrected chi connectivity index (χ2v) is 7.22. The van der Waals surface area contributed by atoms with Crippen LogP contribution < -0.4 is 9.47 Å². The van der Waals surface area contributed by atoms with E-state index in [4.69, 9.17) is 25.8 Å². The van der Waals surface area contributed by atoms with Crippen molar-refractivity contribution in [3.05, 3.63) is 64.4 Å². The molecule has 1 aliphatic carbocycles. The Morgan fingerprint density at radius 2 is 1.97 bits per heavy atom. The number of allylic oxidation sites excluding steroid dienone is 2. The van der Waals surface area contributed by atoms with Gasteiger partial charge in [0.05, 0.1) is 20.8 Å². The Kier molecular flexibility index (Phi) is 6.77. The summed E-state index contributed by atoms with van der Waals surface area (Å²) < 4.78 is 30.5. The number of halogens is 2. The standard InChI is InChI=1S/C23H22ClFO5/c1-4-30-23(27)22-16(21-17(24)6-5-7-18(21)25)10-13(11-19(22)26)15-9-8-14(28-2)12-20(15)29-3/h5-9,11-12,16,22H,4,10H2,1-3H3/t16-,22-/m0/s1. The van der Waals surface area contributed by atoms with Gasteiger partial charge in [0, 0.05) is 28.1 Å². The maximum atomic E-state index is 14.7. The van der Waals surface area contributed by atoms with E-state index in [1.165, 1.54) is 32.4 Å². The molecule has 5 nitrogen and oxygen atoms in total. The molecule has 0 amide bonds. The zero-order valence-corrected chi connectivity index (χ0v) is 17.7. The van der Waals surface area contributed by atoms with Crippen molar-refractivity contribution in [2.24, 2.45) is 5.92 Å². The van der Waals surface area contributed by atoms with Crippen LogP contribution in [0.25, 0.3) is 5.57 Å². The number of ketones is 1. The van der Waals surface area contributed by atoms with Gasteiger partial charge in [0.25, 0.3) is 0 Å². The SMILES string of the molecule is CCOC(=O)[C@@H]1C(=O)C=C(c2ccc(OC)cc2OC)C[C@H]1c1c(F)cccc1Cl. The first-order chi connectivity index (χ1) is 14.4. The highest BCUT2D eigenvalue weighted by atomic mass is 35.5. The first-order valence-corrected chi connectivity index (χ1v) is 9.86. The molecular formula is C23H22ClFO5. The van der Waals surface area contributed by atoms with E-state index in [1.807, 2.05) is 0 Å². The molecule has 2 aromatic rings. The minimum Gasteiger partial charge on any atom is -0.497 e. The van der Waals surface area contributed by atoms with Crippen molar-refractivity contribution in [1.29, 1.82) is 0 Å². The zero-order valence-electron chi connectivity index (χ0n) is 16.9. The molecule has 30 heavy (non-hydrogen) atoms. The second-order valence-electron chi connectivity index (χ2n) is 6.81. The summed E-state index contributed by atoms with van der Waals surface area (Å²) >= 11 is 6.29. The highest BCUT2D eigenvalue weighted by Gasteiger charge is 2.42. The maximum absolute atomic E-state index is 14.7. The predicted octanol–water partition coefficient (Wildman–Crippen LogP) is 4.82. The quantitative estimate of drug-likeness (QED) is 0.484. The molecule has 0 fully saturated rings. The van der Waals surface area contributed by atoms with Gasteiger partial charge in [-0.2, -0.15) is 0 Å². The third-order valence-corrected chi connectivity index (χ3v) is 5.46. The van der Waals surface area contributed by atoms with Crippen LogP contribution in [0.5, 0.6) is 11.5 Å². The number of methoxy groups -OCH3 is 2. The molecule has 0 bridgehead atoms. The van der Waals surface area contributed by atoms with Gasteiger partial charge in [0.15, 0.2) is 5.78 Å². The largest absolute Gasteiger partial charge is 0.497 e. The van der Waals surface area contributed by atoms with Crippen molar-refractivity contribution < 1.29 is 28.2 Å². The van der Waals surface area contributed by atoms with Gasteiger partial charge in [-0.15, -0.1) is 0 Å². The van der Waals surface area contributed by atoms with E-state index in [0.717, 1.165) is 0 Å². The Balaban J connectivity index is 2.13. The molecule has 1 aliphatic rings. The summed E-state index contributed by atoms with van der Waals surface area (Å²) in [5, 5.41) is 0.157. The molecule has 0 unspecified atom stereocenters. The fourth-order valence-corrected chi connectivity index (χ4v) is 4.07. The Morgan fingerprint density at radius 3 is 2.60 bits per heavy atom. The molecule has 158 valence electrons. The number of ether oxygens (including phenoxy) is 3. The van der Waals surface area contributed by atoms with E-state index in [0.29, 0.717) is 22.6 Å². The number of hydrogen-bond acceptors (Lipinski definition) is 5. The van der Waals surface area contributed by atoms with Gasteiger partial charge >= 0.3 is 5.97 Å². The smallest absolute Gasteiger partial charge is 0.317 e. The first-order valence-electron chi connectivity index (χ1n) is 9.48. The lowest BCUT2D eigenvalue weighted by molar-refractivity contribution is -0.151. The monoisotopic (exact) mass is 432 g/mol. The lowest BCUT2D eigenvalue weighted by atomic mass is 9.73. The fraction of sp³-hybridized carbons (Fsp3) is 0.304. The van der Waals surface area contributed by atoms with Crippen LogP contribution >= 0.6 is 11.6 Å². The molecule has 0 heterocycles. The average molecular weight is 433 g/mol. The number of esters is 1. The molecule has 2 aromatic carbocycles. The topological polar surface area (TPSA) is 61.8 Å². The minimum absolute atomic E-state index is 0.114. The van der Waals surface area contributed by atoms with Crippen LogP contribution in [-0.4, -0.2) is 32.6 Å². The first kappa shape index (κ1) is 21.8. The van der Waals surface area contributed by atoms with Crippen molar-refractivity contribution >= 4 is 28.9 Å². The van der Waals surface area contributed by atoms with Gasteiger partial charge in [0.1, 0.15) is 23.2 Å². The molecule has 7 heteroatoms. The van der Waals surface area contributed by atoms with Crippen LogP contribution in [0.3, 0.4) is 0 Å². The number of benzene rings is 2. The van der Waals surface area contributed by atoms with E-state index < -0.39 is 29.4 Å². The number of carbonyl (C=O) groups excluding carboxylic acids is 2. The van der Waals surface area contributed by atoms with E-state index in [2.05, 4.69) is 0 Å². The number of rotatable bonds is 6. The van der Waals surface area contributed by atoms with Gasteiger partial charge in [0.2, 0.25) is 0 Å². The number of hydrogen-bond donors (Lipinski definition) is 0. The van der Waals surface area contributed by atoms with Crippen molar-refractivity contribution in [3.63, 3.8) is 0 Å². The van der Waals surface area contributed by atoms with Gasteiger partial charge < -0.3 is 14.2 Å². The summed E-state index contributed by atoms with van der Waals surface area (Å²) in [6.45, 7) is 1.77. The van der Waals surface area contributed by atoms with Gasteiger partial charge in [-0.05, 0) is 49.3 Å². The number of carbonyl (C=O) groups is 2. The van der Waals surface area contributed by atoms with Crippen molar-refractivity contribution in [1.82, 2.24) is 0 Å². The Hall–Kier alpha value is -2.86. The van der Waals surface area contributed by atoms with Crippen LogP contribution in [0.1, 0.15) is 30.4 Å². The lowest BCUT2D eigenvalue weighted by Gasteiger charge is -2.30. The van der Waals surface area contributed by atoms with Crippen molar-refractivity contribution in [3.8, 4) is 11.5 Å². The molecule has 0 N–H and O–H groups in total.